The fourth-order valence-corrected chi connectivity index (χ4v) is 3.46. The average Bonchev–Trinajstić information content (AvgIpc) is 3.35. The summed E-state index contributed by atoms with van der Waals surface area (Å²) in [5.41, 5.74) is 1.55. The van der Waals surface area contributed by atoms with Crippen molar-refractivity contribution in [3.8, 4) is 5.69 Å². The Bertz CT molecular complexity index is 677. The highest BCUT2D eigenvalue weighted by atomic mass is 35.5. The van der Waals surface area contributed by atoms with Crippen molar-refractivity contribution in [3.05, 3.63) is 36.2 Å². The molecule has 1 aromatic heterocycles. The third kappa shape index (κ3) is 3.81. The molecule has 2 aliphatic heterocycles. The summed E-state index contributed by atoms with van der Waals surface area (Å²) >= 11 is 0. The van der Waals surface area contributed by atoms with Gasteiger partial charge in [-0.3, -0.25) is 9.69 Å². The van der Waals surface area contributed by atoms with Gasteiger partial charge in [0.2, 0.25) is 0 Å². The Labute approximate surface area is 152 Å². The zero-order chi connectivity index (χ0) is 16.4. The molecule has 2 aromatic rings. The second-order valence-electron chi connectivity index (χ2n) is 6.28. The molecule has 0 bridgehead atoms. The lowest BCUT2D eigenvalue weighted by Crippen LogP contribution is -2.52. The molecule has 3 heterocycles. The number of amides is 1. The van der Waals surface area contributed by atoms with Crippen molar-refractivity contribution in [1.29, 1.82) is 0 Å². The topological polar surface area (TPSA) is 79.2 Å². The standard InChI is InChI=1S/C16H21N7O.ClH/c24-16(13-1-3-14(4-2-13)23-12-18-19-20-23)22-9-7-21(8-10-22)15-5-6-17-11-15;/h1-4,12,15,17H,5-11H2;1H. The number of nitrogens with zero attached hydrogens (tertiary/aromatic N) is 6. The van der Waals surface area contributed by atoms with Crippen LogP contribution in [0.25, 0.3) is 5.69 Å². The van der Waals surface area contributed by atoms with Crippen LogP contribution in [-0.2, 0) is 0 Å². The predicted octanol–water partition coefficient (Wildman–Crippen LogP) is 0.204. The third-order valence-corrected chi connectivity index (χ3v) is 4.88. The Morgan fingerprint density at radius 1 is 1.12 bits per heavy atom. The van der Waals surface area contributed by atoms with E-state index in [0.29, 0.717) is 11.6 Å². The van der Waals surface area contributed by atoms with Crippen LogP contribution in [0.5, 0.6) is 0 Å². The van der Waals surface area contributed by atoms with Crippen LogP contribution in [0.4, 0.5) is 0 Å². The van der Waals surface area contributed by atoms with Crippen molar-refractivity contribution in [1.82, 2.24) is 35.3 Å². The van der Waals surface area contributed by atoms with Crippen LogP contribution in [-0.4, -0.2) is 81.2 Å². The first-order valence-corrected chi connectivity index (χ1v) is 8.39. The van der Waals surface area contributed by atoms with Crippen LogP contribution in [0.2, 0.25) is 0 Å². The van der Waals surface area contributed by atoms with Gasteiger partial charge < -0.3 is 10.2 Å². The van der Waals surface area contributed by atoms with E-state index in [1.54, 1.807) is 4.68 Å². The first kappa shape index (κ1) is 17.8. The van der Waals surface area contributed by atoms with Crippen LogP contribution < -0.4 is 5.32 Å². The van der Waals surface area contributed by atoms with Crippen LogP contribution in [0.1, 0.15) is 16.8 Å². The van der Waals surface area contributed by atoms with Crippen molar-refractivity contribution in [3.63, 3.8) is 0 Å². The molecule has 9 heteroatoms. The van der Waals surface area contributed by atoms with Gasteiger partial charge in [-0.2, -0.15) is 0 Å². The number of benzene rings is 1. The molecule has 1 aromatic carbocycles. The number of nitrogens with one attached hydrogen (secondary N) is 1. The fourth-order valence-electron chi connectivity index (χ4n) is 3.46. The summed E-state index contributed by atoms with van der Waals surface area (Å²) in [5.74, 6) is 0.0995. The van der Waals surface area contributed by atoms with Gasteiger partial charge in [-0.15, -0.1) is 17.5 Å². The molecule has 8 nitrogen and oxygen atoms in total. The van der Waals surface area contributed by atoms with Crippen molar-refractivity contribution < 1.29 is 4.79 Å². The summed E-state index contributed by atoms with van der Waals surface area (Å²) in [7, 11) is 0. The van der Waals surface area contributed by atoms with E-state index in [9.17, 15) is 4.79 Å². The zero-order valence-corrected chi connectivity index (χ0v) is 14.7. The minimum Gasteiger partial charge on any atom is -0.336 e. The molecule has 0 spiro atoms. The maximum Gasteiger partial charge on any atom is 0.253 e. The number of halogens is 1. The Hall–Kier alpha value is -2.03. The van der Waals surface area contributed by atoms with E-state index in [1.165, 1.54) is 12.7 Å². The number of carbonyl (C=O) groups excluding carboxylic acids is 1. The molecule has 2 aliphatic rings. The van der Waals surface area contributed by atoms with Gasteiger partial charge in [0.05, 0.1) is 5.69 Å². The van der Waals surface area contributed by atoms with Gasteiger partial charge in [-0.1, -0.05) is 0 Å². The average molecular weight is 364 g/mol. The predicted molar refractivity (Wildman–Crippen MR) is 95.2 cm³/mol. The molecule has 0 radical (unpaired) electrons. The lowest BCUT2D eigenvalue weighted by Gasteiger charge is -2.37. The first-order valence-electron chi connectivity index (χ1n) is 8.39. The normalized spacial score (nSPS) is 21.1. The van der Waals surface area contributed by atoms with E-state index in [-0.39, 0.29) is 18.3 Å². The summed E-state index contributed by atoms with van der Waals surface area (Å²) in [4.78, 5) is 17.1. The third-order valence-electron chi connectivity index (χ3n) is 4.88. The van der Waals surface area contributed by atoms with Crippen molar-refractivity contribution in [2.24, 2.45) is 0 Å². The molecule has 25 heavy (non-hydrogen) atoms. The Morgan fingerprint density at radius 2 is 1.88 bits per heavy atom. The van der Waals surface area contributed by atoms with Gasteiger partial charge in [0.25, 0.3) is 5.91 Å². The maximum atomic E-state index is 12.7. The minimum absolute atomic E-state index is 0. The van der Waals surface area contributed by atoms with Gasteiger partial charge >= 0.3 is 0 Å². The Morgan fingerprint density at radius 3 is 2.48 bits per heavy atom. The number of hydrogen-bond acceptors (Lipinski definition) is 6. The van der Waals surface area contributed by atoms with Gasteiger partial charge in [-0.05, 0) is 47.7 Å². The van der Waals surface area contributed by atoms with E-state index in [1.807, 2.05) is 29.2 Å². The molecule has 1 unspecified atom stereocenters. The second-order valence-corrected chi connectivity index (χ2v) is 6.28. The van der Waals surface area contributed by atoms with Crippen molar-refractivity contribution >= 4 is 18.3 Å². The summed E-state index contributed by atoms with van der Waals surface area (Å²) in [6.45, 7) is 5.69. The minimum atomic E-state index is 0. The van der Waals surface area contributed by atoms with Crippen LogP contribution in [0.3, 0.4) is 0 Å². The number of tetrazole rings is 1. The number of aromatic nitrogens is 4. The van der Waals surface area contributed by atoms with Crippen LogP contribution >= 0.6 is 12.4 Å². The zero-order valence-electron chi connectivity index (χ0n) is 13.9. The lowest BCUT2D eigenvalue weighted by atomic mass is 10.1. The molecule has 134 valence electrons. The molecule has 0 saturated carbocycles. The summed E-state index contributed by atoms with van der Waals surface area (Å²) < 4.78 is 1.57. The smallest absolute Gasteiger partial charge is 0.253 e. The number of carbonyl (C=O) groups is 1. The highest BCUT2D eigenvalue weighted by Gasteiger charge is 2.28. The number of rotatable bonds is 3. The van der Waals surface area contributed by atoms with Crippen molar-refractivity contribution in [2.75, 3.05) is 39.3 Å². The van der Waals surface area contributed by atoms with Gasteiger partial charge in [0.15, 0.2) is 0 Å². The summed E-state index contributed by atoms with van der Waals surface area (Å²) in [6, 6.07) is 8.05. The number of hydrogen-bond donors (Lipinski definition) is 1. The lowest BCUT2D eigenvalue weighted by molar-refractivity contribution is 0.0584. The Balaban J connectivity index is 0.00000182. The van der Waals surface area contributed by atoms with E-state index in [0.717, 1.165) is 45.0 Å². The molecule has 4 rings (SSSR count). The molecule has 1 N–H and O–H groups in total. The molecule has 1 amide bonds. The van der Waals surface area contributed by atoms with Crippen LogP contribution in [0, 0.1) is 0 Å². The second kappa shape index (κ2) is 7.90. The van der Waals surface area contributed by atoms with Gasteiger partial charge in [0.1, 0.15) is 6.33 Å². The monoisotopic (exact) mass is 363 g/mol. The molecular formula is C16H22ClN7O. The molecular weight excluding hydrogens is 342 g/mol. The maximum absolute atomic E-state index is 12.7. The van der Waals surface area contributed by atoms with Crippen LogP contribution in [0.15, 0.2) is 30.6 Å². The van der Waals surface area contributed by atoms with E-state index >= 15 is 0 Å². The molecule has 2 saturated heterocycles. The number of piperazine rings is 1. The molecule has 1 atom stereocenters. The SMILES string of the molecule is Cl.O=C(c1ccc(-n2cnnn2)cc1)N1CCN(C2CCNC2)CC1. The summed E-state index contributed by atoms with van der Waals surface area (Å²) in [5, 5.41) is 14.5. The van der Waals surface area contributed by atoms with E-state index < -0.39 is 0 Å². The summed E-state index contributed by atoms with van der Waals surface area (Å²) in [6.07, 6.45) is 2.75. The van der Waals surface area contributed by atoms with E-state index in [4.69, 9.17) is 0 Å². The molecule has 2 fully saturated rings. The van der Waals surface area contributed by atoms with Gasteiger partial charge in [-0.25, -0.2) is 4.68 Å². The fraction of sp³-hybridized carbons (Fsp3) is 0.500. The Kier molecular flexibility index (Phi) is 5.62. The molecule has 0 aliphatic carbocycles. The van der Waals surface area contributed by atoms with Gasteiger partial charge in [0, 0.05) is 44.3 Å². The van der Waals surface area contributed by atoms with Crippen molar-refractivity contribution in [2.45, 2.75) is 12.5 Å². The highest BCUT2D eigenvalue weighted by Crippen LogP contribution is 2.15. The largest absolute Gasteiger partial charge is 0.336 e. The van der Waals surface area contributed by atoms with E-state index in [2.05, 4.69) is 25.7 Å². The quantitative estimate of drug-likeness (QED) is 0.839. The highest BCUT2D eigenvalue weighted by molar-refractivity contribution is 5.94. The first-order chi connectivity index (χ1) is 11.8.